The minimum absolute atomic E-state index is 0.102. The Morgan fingerprint density at radius 1 is 0.266 bits per heavy atom. The number of esters is 4. The van der Waals surface area contributed by atoms with E-state index in [2.05, 4.69) is 55.4 Å². The quantitative estimate of drug-likeness (QED) is 0.0222. The summed E-state index contributed by atoms with van der Waals surface area (Å²) in [5.74, 6) is 0.869. The van der Waals surface area contributed by atoms with E-state index < -0.39 is 97.5 Å². The fourth-order valence-corrected chi connectivity index (χ4v) is 13.0. The maximum Gasteiger partial charge on any atom is 0.472 e. The van der Waals surface area contributed by atoms with Gasteiger partial charge in [-0.3, -0.25) is 37.3 Å². The molecule has 558 valence electrons. The standard InChI is InChI=1S/C75H146O17P2/c1-65(2)51-43-35-27-21-17-13-10-9-11-15-19-23-31-39-47-55-72(77)85-61-70(91-74(79)57-49-41-32-24-20-16-12-14-18-22-28-36-44-52-66(3)4)63-89-93(81,82)87-59-69(76)60-88-94(83,84)90-64-71(92-75(80)58-50-42-34-26-30-38-46-54-68(7)8)62-86-73(78)56-48-40-33-25-29-37-45-53-67(5)6/h65-71,76H,9-64H2,1-8H3,(H,81,82)(H,83,84)/t69?,70-,71-/m1/s1. The summed E-state index contributed by atoms with van der Waals surface area (Å²) in [6, 6.07) is 0. The van der Waals surface area contributed by atoms with Crippen molar-refractivity contribution in [3.8, 4) is 0 Å². The Hall–Kier alpha value is -1.94. The molecule has 0 rings (SSSR count). The van der Waals surface area contributed by atoms with E-state index in [1.807, 2.05) is 0 Å². The first-order chi connectivity index (χ1) is 45.1. The molecule has 0 radical (unpaired) electrons. The molecule has 0 saturated heterocycles. The Labute approximate surface area is 575 Å². The monoisotopic (exact) mass is 1380 g/mol. The summed E-state index contributed by atoms with van der Waals surface area (Å²) >= 11 is 0. The lowest BCUT2D eigenvalue weighted by Gasteiger charge is -2.21. The Kier molecular flexibility index (Phi) is 63.1. The number of phosphoric ester groups is 2. The molecule has 0 saturated carbocycles. The zero-order valence-corrected chi connectivity index (χ0v) is 63.4. The number of carbonyl (C=O) groups is 4. The van der Waals surface area contributed by atoms with Crippen molar-refractivity contribution < 1.29 is 80.2 Å². The molecule has 0 aliphatic rings. The van der Waals surface area contributed by atoms with Crippen molar-refractivity contribution in [2.24, 2.45) is 23.7 Å². The van der Waals surface area contributed by atoms with Crippen LogP contribution in [0.2, 0.25) is 0 Å². The first-order valence-corrected chi connectivity index (χ1v) is 41.7. The molecule has 94 heavy (non-hydrogen) atoms. The van der Waals surface area contributed by atoms with Crippen LogP contribution in [0.5, 0.6) is 0 Å². The maximum atomic E-state index is 13.1. The molecule has 0 fully saturated rings. The van der Waals surface area contributed by atoms with Crippen LogP contribution in [0.3, 0.4) is 0 Å². The number of hydrogen-bond acceptors (Lipinski definition) is 15. The van der Waals surface area contributed by atoms with Crippen LogP contribution in [0.4, 0.5) is 0 Å². The van der Waals surface area contributed by atoms with E-state index >= 15 is 0 Å². The second-order valence-corrected chi connectivity index (χ2v) is 31.9. The van der Waals surface area contributed by atoms with Gasteiger partial charge in [0, 0.05) is 25.7 Å². The Morgan fingerprint density at radius 2 is 0.447 bits per heavy atom. The molecule has 17 nitrogen and oxygen atoms in total. The third-order valence-electron chi connectivity index (χ3n) is 17.3. The second kappa shape index (κ2) is 64.4. The Morgan fingerprint density at radius 3 is 0.660 bits per heavy atom. The van der Waals surface area contributed by atoms with Crippen molar-refractivity contribution in [3.63, 3.8) is 0 Å². The van der Waals surface area contributed by atoms with Crippen LogP contribution >= 0.6 is 15.6 Å². The summed E-state index contributed by atoms with van der Waals surface area (Å²) in [7, 11) is -9.91. The van der Waals surface area contributed by atoms with Gasteiger partial charge < -0.3 is 33.8 Å². The fourth-order valence-electron chi connectivity index (χ4n) is 11.4. The molecule has 0 aromatic heterocycles. The largest absolute Gasteiger partial charge is 0.472 e. The van der Waals surface area contributed by atoms with Crippen LogP contribution in [0.1, 0.15) is 376 Å². The van der Waals surface area contributed by atoms with Crippen LogP contribution in [-0.4, -0.2) is 96.7 Å². The average Bonchev–Trinajstić information content (AvgIpc) is 2.46. The van der Waals surface area contributed by atoms with Crippen molar-refractivity contribution in [3.05, 3.63) is 0 Å². The molecule has 0 heterocycles. The highest BCUT2D eigenvalue weighted by molar-refractivity contribution is 7.47. The third kappa shape index (κ3) is 68.6. The van der Waals surface area contributed by atoms with Gasteiger partial charge in [0.1, 0.15) is 19.3 Å². The Bertz CT molecular complexity index is 1850. The van der Waals surface area contributed by atoms with Gasteiger partial charge in [0.2, 0.25) is 0 Å². The molecule has 0 bridgehead atoms. The molecule has 0 aliphatic heterocycles. The first-order valence-electron chi connectivity index (χ1n) is 38.7. The first kappa shape index (κ1) is 92.1. The van der Waals surface area contributed by atoms with Gasteiger partial charge in [-0.15, -0.1) is 0 Å². The van der Waals surface area contributed by atoms with Crippen molar-refractivity contribution in [2.45, 2.75) is 395 Å². The lowest BCUT2D eigenvalue weighted by atomic mass is 10.0. The highest BCUT2D eigenvalue weighted by Gasteiger charge is 2.30. The molecule has 0 amide bonds. The molecule has 0 aromatic rings. The van der Waals surface area contributed by atoms with Crippen molar-refractivity contribution in [1.82, 2.24) is 0 Å². The van der Waals surface area contributed by atoms with Crippen LogP contribution in [-0.2, 0) is 65.4 Å². The molecule has 5 atom stereocenters. The van der Waals surface area contributed by atoms with Crippen LogP contribution < -0.4 is 0 Å². The summed E-state index contributed by atoms with van der Waals surface area (Å²) in [5, 5.41) is 10.6. The minimum atomic E-state index is -4.96. The van der Waals surface area contributed by atoms with Gasteiger partial charge in [0.05, 0.1) is 26.4 Å². The molecule has 0 aromatic carbocycles. The van der Waals surface area contributed by atoms with E-state index in [9.17, 15) is 43.2 Å². The van der Waals surface area contributed by atoms with Gasteiger partial charge >= 0.3 is 39.5 Å². The van der Waals surface area contributed by atoms with E-state index in [1.165, 1.54) is 173 Å². The lowest BCUT2D eigenvalue weighted by Crippen LogP contribution is -2.30. The fraction of sp³-hybridized carbons (Fsp3) is 0.947. The van der Waals surface area contributed by atoms with E-state index in [-0.39, 0.29) is 25.7 Å². The van der Waals surface area contributed by atoms with Crippen molar-refractivity contribution >= 4 is 39.5 Å². The molecular formula is C75H146O17P2. The number of unbranched alkanes of at least 4 members (excludes halogenated alkanes) is 38. The predicted octanol–water partition coefficient (Wildman–Crippen LogP) is 21.7. The smallest absolute Gasteiger partial charge is 0.462 e. The van der Waals surface area contributed by atoms with Gasteiger partial charge in [-0.1, -0.05) is 325 Å². The number of rotatable bonds is 72. The number of aliphatic hydroxyl groups excluding tert-OH is 1. The zero-order valence-electron chi connectivity index (χ0n) is 61.6. The SMILES string of the molecule is CC(C)CCCCCCCCCCCCCCCCCC(=O)OC[C@H](COP(=O)(O)OCC(O)COP(=O)(O)OC[C@@H](COC(=O)CCCCCCCCCC(C)C)OC(=O)CCCCCCCCCC(C)C)OC(=O)CCCCCCCCCCCCCCCC(C)C. The number of phosphoric acid groups is 2. The van der Waals surface area contributed by atoms with Crippen molar-refractivity contribution in [2.75, 3.05) is 39.6 Å². The average molecular weight is 1380 g/mol. The van der Waals surface area contributed by atoms with Crippen LogP contribution in [0.15, 0.2) is 0 Å². The summed E-state index contributed by atoms with van der Waals surface area (Å²) in [4.78, 5) is 72.7. The highest BCUT2D eigenvalue weighted by atomic mass is 31.2. The summed E-state index contributed by atoms with van der Waals surface area (Å²) in [5.41, 5.74) is 0. The Balaban J connectivity index is 5.22. The lowest BCUT2D eigenvalue weighted by molar-refractivity contribution is -0.161. The van der Waals surface area contributed by atoms with E-state index in [1.54, 1.807) is 0 Å². The maximum absolute atomic E-state index is 13.1. The summed E-state index contributed by atoms with van der Waals surface area (Å²) in [6.45, 7) is 14.1. The van der Waals surface area contributed by atoms with E-state index in [0.717, 1.165) is 108 Å². The van der Waals surface area contributed by atoms with Gasteiger partial charge in [0.25, 0.3) is 0 Å². The predicted molar refractivity (Wildman–Crippen MR) is 381 cm³/mol. The topological polar surface area (TPSA) is 237 Å². The normalized spacial score (nSPS) is 14.2. The third-order valence-corrected chi connectivity index (χ3v) is 19.2. The summed E-state index contributed by atoms with van der Waals surface area (Å²) < 4.78 is 68.4. The van der Waals surface area contributed by atoms with Gasteiger partial charge in [-0.25, -0.2) is 9.13 Å². The minimum Gasteiger partial charge on any atom is -0.462 e. The molecular weight excluding hydrogens is 1230 g/mol. The van der Waals surface area contributed by atoms with Crippen LogP contribution in [0, 0.1) is 23.7 Å². The second-order valence-electron chi connectivity index (χ2n) is 28.9. The number of carbonyl (C=O) groups excluding carboxylic acids is 4. The molecule has 19 heteroatoms. The van der Waals surface area contributed by atoms with Crippen LogP contribution in [0.25, 0.3) is 0 Å². The van der Waals surface area contributed by atoms with Crippen molar-refractivity contribution in [1.29, 1.82) is 0 Å². The molecule has 0 aliphatic carbocycles. The van der Waals surface area contributed by atoms with E-state index in [0.29, 0.717) is 37.5 Å². The highest BCUT2D eigenvalue weighted by Crippen LogP contribution is 2.45. The van der Waals surface area contributed by atoms with Gasteiger partial charge in [0.15, 0.2) is 12.2 Å². The molecule has 3 unspecified atom stereocenters. The van der Waals surface area contributed by atoms with Gasteiger partial charge in [-0.05, 0) is 49.4 Å². The molecule has 0 spiro atoms. The summed E-state index contributed by atoms with van der Waals surface area (Å²) in [6.07, 6.45) is 48.8. The number of aliphatic hydroxyl groups is 1. The van der Waals surface area contributed by atoms with Gasteiger partial charge in [-0.2, -0.15) is 0 Å². The zero-order chi connectivity index (χ0) is 69.6. The number of hydrogen-bond donors (Lipinski definition) is 3. The number of ether oxygens (including phenoxy) is 4. The van der Waals surface area contributed by atoms with E-state index in [4.69, 9.17) is 37.0 Å². The molecule has 3 N–H and O–H groups in total.